The molecule has 0 atom stereocenters. The molecule has 0 fully saturated rings. The molecule has 1 N–H and O–H groups in total. The summed E-state index contributed by atoms with van der Waals surface area (Å²) in [6.45, 7) is 0. The minimum atomic E-state index is -4.60. The summed E-state index contributed by atoms with van der Waals surface area (Å²) in [6.07, 6.45) is -2.52. The van der Waals surface area contributed by atoms with E-state index in [-0.39, 0.29) is 17.0 Å². The van der Waals surface area contributed by atoms with Gasteiger partial charge in [-0.2, -0.15) is 13.2 Å². The van der Waals surface area contributed by atoms with Crippen LogP contribution in [0.3, 0.4) is 0 Å². The summed E-state index contributed by atoms with van der Waals surface area (Å²) in [5.41, 5.74) is -0.968. The van der Waals surface area contributed by atoms with Gasteiger partial charge < -0.3 is 5.32 Å². The number of nitrogens with zero attached hydrogens (tertiary/aromatic N) is 3. The molecule has 0 aliphatic heterocycles. The fourth-order valence-corrected chi connectivity index (χ4v) is 3.09. The molecule has 2 aromatic heterocycles. The van der Waals surface area contributed by atoms with E-state index in [1.54, 1.807) is 36.4 Å². The van der Waals surface area contributed by atoms with Crippen LogP contribution in [0.5, 0.6) is 0 Å². The zero-order chi connectivity index (χ0) is 20.6. The van der Waals surface area contributed by atoms with Crippen molar-refractivity contribution in [1.29, 1.82) is 0 Å². The second kappa shape index (κ2) is 7.21. The van der Waals surface area contributed by atoms with Crippen LogP contribution in [0.15, 0.2) is 71.8 Å². The van der Waals surface area contributed by atoms with Gasteiger partial charge in [0.15, 0.2) is 0 Å². The summed E-state index contributed by atoms with van der Waals surface area (Å²) in [4.78, 5) is 21.3. The normalized spacial score (nSPS) is 11.6. The Bertz CT molecular complexity index is 1260. The fourth-order valence-electron chi connectivity index (χ4n) is 2.92. The minimum Gasteiger partial charge on any atom is -0.323 e. The number of nitrogens with one attached hydrogen (secondary N) is 1. The van der Waals surface area contributed by atoms with Crippen molar-refractivity contribution in [3.63, 3.8) is 0 Å². The van der Waals surface area contributed by atoms with Crippen LogP contribution in [0.25, 0.3) is 16.6 Å². The quantitative estimate of drug-likeness (QED) is 0.499. The van der Waals surface area contributed by atoms with Crippen molar-refractivity contribution in [2.45, 2.75) is 6.18 Å². The Morgan fingerprint density at radius 3 is 2.52 bits per heavy atom. The summed E-state index contributed by atoms with van der Waals surface area (Å²) < 4.78 is 41.3. The first-order valence-corrected chi connectivity index (χ1v) is 8.78. The van der Waals surface area contributed by atoms with Gasteiger partial charge in [-0.05, 0) is 36.4 Å². The molecule has 9 heteroatoms. The first kappa shape index (κ1) is 18.9. The lowest BCUT2D eigenvalue weighted by Gasteiger charge is -2.17. The number of para-hydroxylation sites is 1. The Balaban J connectivity index is 1.98. The lowest BCUT2D eigenvalue weighted by Crippen LogP contribution is -2.23. The van der Waals surface area contributed by atoms with Crippen LogP contribution in [0.1, 0.15) is 5.56 Å². The van der Waals surface area contributed by atoms with Crippen molar-refractivity contribution >= 4 is 34.1 Å². The lowest BCUT2D eigenvalue weighted by molar-refractivity contribution is -0.137. The summed E-state index contributed by atoms with van der Waals surface area (Å²) in [7, 11) is 0. The van der Waals surface area contributed by atoms with Gasteiger partial charge in [-0.1, -0.05) is 29.8 Å². The highest BCUT2D eigenvalue weighted by atomic mass is 35.5. The topological polar surface area (TPSA) is 59.8 Å². The lowest BCUT2D eigenvalue weighted by atomic mass is 10.2. The Hall–Kier alpha value is -3.39. The highest BCUT2D eigenvalue weighted by Gasteiger charge is 2.34. The highest BCUT2D eigenvalue weighted by molar-refractivity contribution is 6.31. The van der Waals surface area contributed by atoms with Crippen LogP contribution in [-0.4, -0.2) is 14.5 Å². The molecular weight excluding hydrogens is 405 g/mol. The molecule has 146 valence electrons. The van der Waals surface area contributed by atoms with Gasteiger partial charge >= 0.3 is 6.18 Å². The molecule has 0 saturated carbocycles. The van der Waals surface area contributed by atoms with E-state index in [0.29, 0.717) is 16.2 Å². The van der Waals surface area contributed by atoms with E-state index >= 15 is 0 Å². The zero-order valence-electron chi connectivity index (χ0n) is 14.6. The third kappa shape index (κ3) is 3.66. The molecular formula is C20H12ClF3N4O. The number of anilines is 2. The van der Waals surface area contributed by atoms with E-state index in [1.165, 1.54) is 16.7 Å². The van der Waals surface area contributed by atoms with Crippen molar-refractivity contribution in [3.8, 4) is 5.69 Å². The van der Waals surface area contributed by atoms with E-state index in [2.05, 4.69) is 15.3 Å². The van der Waals surface area contributed by atoms with Crippen molar-refractivity contribution in [2.24, 2.45) is 0 Å². The van der Waals surface area contributed by atoms with Gasteiger partial charge in [-0.15, -0.1) is 0 Å². The maximum atomic E-state index is 13.4. The molecule has 5 nitrogen and oxygen atoms in total. The van der Waals surface area contributed by atoms with E-state index in [0.717, 1.165) is 18.5 Å². The number of pyridine rings is 1. The number of aromatic nitrogens is 3. The molecule has 0 aliphatic rings. The monoisotopic (exact) mass is 416 g/mol. The Kier molecular flexibility index (Phi) is 4.71. The van der Waals surface area contributed by atoms with Gasteiger partial charge in [0, 0.05) is 11.2 Å². The predicted molar refractivity (Wildman–Crippen MR) is 105 cm³/mol. The van der Waals surface area contributed by atoms with Crippen LogP contribution in [0, 0.1) is 0 Å². The van der Waals surface area contributed by atoms with Gasteiger partial charge in [-0.3, -0.25) is 9.78 Å². The number of hydrogen-bond donors (Lipinski definition) is 1. The van der Waals surface area contributed by atoms with Crippen LogP contribution < -0.4 is 10.9 Å². The van der Waals surface area contributed by atoms with Gasteiger partial charge in [0.1, 0.15) is 0 Å². The molecule has 0 spiro atoms. The highest BCUT2D eigenvalue weighted by Crippen LogP contribution is 2.35. The first-order valence-electron chi connectivity index (χ1n) is 8.40. The van der Waals surface area contributed by atoms with Crippen LogP contribution in [0.2, 0.25) is 5.02 Å². The van der Waals surface area contributed by atoms with Gasteiger partial charge in [0.2, 0.25) is 5.95 Å². The molecule has 0 bridgehead atoms. The molecule has 0 saturated heterocycles. The largest absolute Gasteiger partial charge is 0.418 e. The third-order valence-corrected chi connectivity index (χ3v) is 4.45. The average molecular weight is 417 g/mol. The number of fused-ring (bicyclic) bond motifs is 1. The predicted octanol–water partition coefficient (Wildman–Crippen LogP) is 5.20. The third-order valence-electron chi connectivity index (χ3n) is 4.22. The molecule has 4 rings (SSSR count). The molecule has 0 unspecified atom stereocenters. The summed E-state index contributed by atoms with van der Waals surface area (Å²) >= 11 is 6.00. The summed E-state index contributed by atoms with van der Waals surface area (Å²) in [5, 5.41) is 3.22. The fraction of sp³-hybridized carbons (Fsp3) is 0.0500. The number of benzene rings is 2. The van der Waals surface area contributed by atoms with Crippen molar-refractivity contribution in [3.05, 3.63) is 87.9 Å². The SMILES string of the molecule is O=c1c2cc(Cl)ccc2nc(Nc2cnccc2C(F)(F)F)n1-c1ccccc1. The minimum absolute atomic E-state index is 0.0745. The molecule has 4 aromatic rings. The van der Waals surface area contributed by atoms with E-state index in [9.17, 15) is 18.0 Å². The molecule has 2 heterocycles. The van der Waals surface area contributed by atoms with E-state index in [4.69, 9.17) is 11.6 Å². The molecule has 0 amide bonds. The van der Waals surface area contributed by atoms with Gasteiger partial charge in [0.05, 0.1) is 34.0 Å². The molecule has 0 radical (unpaired) electrons. The summed E-state index contributed by atoms with van der Waals surface area (Å²) in [5.74, 6) is -0.0745. The van der Waals surface area contributed by atoms with Crippen LogP contribution >= 0.6 is 11.6 Å². The molecule has 0 aliphatic carbocycles. The van der Waals surface area contributed by atoms with Crippen molar-refractivity contribution in [2.75, 3.05) is 5.32 Å². The molecule has 29 heavy (non-hydrogen) atoms. The van der Waals surface area contributed by atoms with Crippen LogP contribution in [0.4, 0.5) is 24.8 Å². The second-order valence-corrected chi connectivity index (χ2v) is 6.55. The number of rotatable bonds is 3. The van der Waals surface area contributed by atoms with Crippen molar-refractivity contribution < 1.29 is 13.2 Å². The Labute approximate surface area is 167 Å². The number of alkyl halides is 3. The van der Waals surface area contributed by atoms with Gasteiger partial charge in [0.25, 0.3) is 5.56 Å². The second-order valence-electron chi connectivity index (χ2n) is 6.12. The first-order chi connectivity index (χ1) is 13.8. The Morgan fingerprint density at radius 1 is 1.03 bits per heavy atom. The zero-order valence-corrected chi connectivity index (χ0v) is 15.4. The number of halogens is 4. The smallest absolute Gasteiger partial charge is 0.323 e. The maximum absolute atomic E-state index is 13.4. The van der Waals surface area contributed by atoms with Crippen molar-refractivity contribution in [1.82, 2.24) is 14.5 Å². The number of hydrogen-bond acceptors (Lipinski definition) is 4. The van der Waals surface area contributed by atoms with Crippen LogP contribution in [-0.2, 0) is 6.18 Å². The maximum Gasteiger partial charge on any atom is 0.418 e. The summed E-state index contributed by atoms with van der Waals surface area (Å²) in [6, 6.07) is 13.9. The van der Waals surface area contributed by atoms with Gasteiger partial charge in [-0.25, -0.2) is 9.55 Å². The van der Waals surface area contributed by atoms with E-state index in [1.807, 2.05) is 0 Å². The Morgan fingerprint density at radius 2 is 1.79 bits per heavy atom. The van der Waals surface area contributed by atoms with E-state index < -0.39 is 17.3 Å². The average Bonchev–Trinajstić information content (AvgIpc) is 2.69. The standard InChI is InChI=1S/C20H12ClF3N4O/c21-12-6-7-16-14(10-12)18(29)28(13-4-2-1-3-5-13)19(26-16)27-17-11-25-9-8-15(17)20(22,23)24/h1-11H,(H,26,27). The molecule has 2 aromatic carbocycles.